The predicted molar refractivity (Wildman–Crippen MR) is 57.8 cm³/mol. The second-order valence-corrected chi connectivity index (χ2v) is 6.47. The van der Waals surface area contributed by atoms with E-state index in [4.69, 9.17) is 19.6 Å². The van der Waals surface area contributed by atoms with E-state index in [0.29, 0.717) is 0 Å². The fourth-order valence-corrected chi connectivity index (χ4v) is 2.17. The van der Waals surface area contributed by atoms with Gasteiger partial charge in [-0.3, -0.25) is 9.05 Å². The molecule has 120 valence electrons. The first-order valence-electron chi connectivity index (χ1n) is 5.00. The quantitative estimate of drug-likeness (QED) is 0.191. The maximum atomic E-state index is 10.5. The molecule has 0 saturated carbocycles. The highest BCUT2D eigenvalue weighted by molar-refractivity contribution is 7.46. The molecular weight excluding hydrogens is 327 g/mol. The third-order valence-corrected chi connectivity index (χ3v) is 3.32. The molecule has 12 nitrogen and oxygen atoms in total. The Hall–Kier alpha value is 0.0600. The molecule has 1 saturated heterocycles. The van der Waals surface area contributed by atoms with Crippen molar-refractivity contribution in [2.75, 3.05) is 13.2 Å². The molecule has 7 N–H and O–H groups in total. The van der Waals surface area contributed by atoms with Crippen LogP contribution in [0.5, 0.6) is 0 Å². The number of aliphatic hydroxyl groups excluding tert-OH is 2. The molecule has 1 rings (SSSR count). The van der Waals surface area contributed by atoms with Gasteiger partial charge in [-0.25, -0.2) is 9.13 Å². The molecule has 1 fully saturated rings. The summed E-state index contributed by atoms with van der Waals surface area (Å²) in [6.45, 7) is -2.05. The SMILES string of the molecule is O=P(O)(O)OC[C@H]1OC(O)([13CH2]OP(=O)(O)O)[C@@H](O)[C@@H]1O. The van der Waals surface area contributed by atoms with Crippen molar-refractivity contribution in [1.29, 1.82) is 0 Å². The lowest BCUT2D eigenvalue weighted by Gasteiger charge is -2.25. The predicted octanol–water partition coefficient (Wildman–Crippen LogP) is -2.99. The van der Waals surface area contributed by atoms with E-state index in [0.717, 1.165) is 0 Å². The minimum Gasteiger partial charge on any atom is -0.387 e. The maximum absolute atomic E-state index is 10.5. The topological polar surface area (TPSA) is 203 Å². The largest absolute Gasteiger partial charge is 0.469 e. The van der Waals surface area contributed by atoms with Crippen molar-refractivity contribution in [2.45, 2.75) is 24.1 Å². The number of hydrogen-bond acceptors (Lipinski definition) is 8. The standard InChI is InChI=1S/C6H14O12P2/c7-4-3(1-16-19(10,11)12)18-6(9,5(4)8)2-17-20(13,14)15/h3-5,7-9H,1-2H2,(H2,10,11,12)(H2,13,14,15)/t3-,4-,5+,6?/m1/s1/i2+1. The Kier molecular flexibility index (Phi) is 5.48. The fourth-order valence-electron chi connectivity index (χ4n) is 1.47. The Morgan fingerprint density at radius 1 is 1.05 bits per heavy atom. The Labute approximate surface area is 112 Å². The van der Waals surface area contributed by atoms with Gasteiger partial charge in [-0.1, -0.05) is 0 Å². The van der Waals surface area contributed by atoms with Gasteiger partial charge in [-0.05, 0) is 0 Å². The summed E-state index contributed by atoms with van der Waals surface area (Å²) < 4.78 is 33.6. The van der Waals surface area contributed by atoms with Gasteiger partial charge in [0, 0.05) is 0 Å². The van der Waals surface area contributed by atoms with Crippen LogP contribution in [0, 0.1) is 0 Å². The molecule has 1 heterocycles. The Morgan fingerprint density at radius 2 is 1.55 bits per heavy atom. The van der Waals surface area contributed by atoms with E-state index >= 15 is 0 Å². The van der Waals surface area contributed by atoms with Crippen LogP contribution in [0.1, 0.15) is 0 Å². The smallest absolute Gasteiger partial charge is 0.387 e. The highest BCUT2D eigenvalue weighted by atomic mass is 31.2. The summed E-state index contributed by atoms with van der Waals surface area (Å²) >= 11 is 0. The summed E-state index contributed by atoms with van der Waals surface area (Å²) in [6.07, 6.45) is -5.38. The number of ether oxygens (including phenoxy) is 1. The van der Waals surface area contributed by atoms with Gasteiger partial charge in [0.2, 0.25) is 5.79 Å². The first-order chi connectivity index (χ1) is 8.84. The third-order valence-electron chi connectivity index (χ3n) is 2.37. The van der Waals surface area contributed by atoms with Gasteiger partial charge < -0.3 is 39.6 Å². The monoisotopic (exact) mass is 341 g/mol. The van der Waals surface area contributed by atoms with Gasteiger partial charge in [0.1, 0.15) is 24.9 Å². The van der Waals surface area contributed by atoms with Gasteiger partial charge in [0.15, 0.2) is 0 Å². The van der Waals surface area contributed by atoms with Gasteiger partial charge >= 0.3 is 15.6 Å². The highest BCUT2D eigenvalue weighted by Gasteiger charge is 2.54. The molecule has 0 spiro atoms. The first-order valence-corrected chi connectivity index (χ1v) is 8.07. The molecule has 1 aliphatic rings. The molecule has 0 aliphatic carbocycles. The molecule has 0 bridgehead atoms. The molecule has 0 aromatic rings. The van der Waals surface area contributed by atoms with Gasteiger partial charge in [-0.2, -0.15) is 0 Å². The van der Waals surface area contributed by atoms with Crippen LogP contribution in [0.3, 0.4) is 0 Å². The molecule has 1 aliphatic heterocycles. The number of phosphoric acid groups is 2. The van der Waals surface area contributed by atoms with Gasteiger partial charge in [-0.15, -0.1) is 0 Å². The molecule has 14 heteroatoms. The number of hydrogen-bond donors (Lipinski definition) is 7. The summed E-state index contributed by atoms with van der Waals surface area (Å²) in [5.41, 5.74) is 0. The van der Waals surface area contributed by atoms with E-state index < -0.39 is 53.0 Å². The summed E-state index contributed by atoms with van der Waals surface area (Å²) in [5, 5.41) is 28.8. The van der Waals surface area contributed by atoms with Crippen LogP contribution < -0.4 is 0 Å². The van der Waals surface area contributed by atoms with Crippen LogP contribution >= 0.6 is 15.6 Å². The van der Waals surface area contributed by atoms with Crippen molar-refractivity contribution < 1.29 is 57.8 Å². The zero-order valence-electron chi connectivity index (χ0n) is 9.71. The van der Waals surface area contributed by atoms with Gasteiger partial charge in [0.25, 0.3) is 0 Å². The van der Waals surface area contributed by atoms with Crippen LogP contribution in [0.4, 0.5) is 0 Å². The molecule has 1 unspecified atom stereocenters. The average molecular weight is 341 g/mol. The molecule has 0 amide bonds. The highest BCUT2D eigenvalue weighted by Crippen LogP contribution is 2.41. The van der Waals surface area contributed by atoms with Crippen LogP contribution in [-0.4, -0.2) is 72.2 Å². The van der Waals surface area contributed by atoms with Crippen molar-refractivity contribution in [3.63, 3.8) is 0 Å². The average Bonchev–Trinajstić information content (AvgIpc) is 2.48. The lowest BCUT2D eigenvalue weighted by atomic mass is 10.1. The van der Waals surface area contributed by atoms with Crippen molar-refractivity contribution in [2.24, 2.45) is 0 Å². The molecule has 0 aromatic heterocycles. The molecule has 0 radical (unpaired) electrons. The zero-order valence-corrected chi connectivity index (χ0v) is 11.5. The molecule has 4 atom stereocenters. The fraction of sp³-hybridized carbons (Fsp3) is 1.00. The van der Waals surface area contributed by atoms with Crippen molar-refractivity contribution in [3.05, 3.63) is 0 Å². The number of rotatable bonds is 6. The van der Waals surface area contributed by atoms with Crippen LogP contribution in [0.25, 0.3) is 0 Å². The summed E-state index contributed by atoms with van der Waals surface area (Å²) in [5.74, 6) is -2.66. The van der Waals surface area contributed by atoms with Crippen molar-refractivity contribution >= 4 is 15.6 Å². The first kappa shape index (κ1) is 18.1. The Bertz CT molecular complexity index is 428. The maximum Gasteiger partial charge on any atom is 0.469 e. The summed E-state index contributed by atoms with van der Waals surface area (Å²) in [7, 11) is -9.82. The zero-order chi connectivity index (χ0) is 15.8. The third kappa shape index (κ3) is 5.11. The minimum atomic E-state index is -4.96. The van der Waals surface area contributed by atoms with Crippen molar-refractivity contribution in [3.8, 4) is 0 Å². The molecule has 0 aromatic carbocycles. The lowest BCUT2D eigenvalue weighted by molar-refractivity contribution is -0.245. The molecular formula is C6H14O12P2. The normalized spacial score (nSPS) is 35.5. The Morgan fingerprint density at radius 3 is 2.00 bits per heavy atom. The van der Waals surface area contributed by atoms with E-state index in [1.165, 1.54) is 0 Å². The van der Waals surface area contributed by atoms with Crippen LogP contribution in [0.2, 0.25) is 0 Å². The van der Waals surface area contributed by atoms with Crippen molar-refractivity contribution in [1.82, 2.24) is 0 Å². The van der Waals surface area contributed by atoms with E-state index in [9.17, 15) is 24.4 Å². The van der Waals surface area contributed by atoms with Crippen LogP contribution in [0.15, 0.2) is 0 Å². The van der Waals surface area contributed by atoms with E-state index in [2.05, 4.69) is 13.8 Å². The molecule has 20 heavy (non-hydrogen) atoms. The Balaban J connectivity index is 2.67. The number of aliphatic hydroxyl groups is 3. The van der Waals surface area contributed by atoms with E-state index in [-0.39, 0.29) is 0 Å². The van der Waals surface area contributed by atoms with Gasteiger partial charge in [0.05, 0.1) is 6.61 Å². The second kappa shape index (κ2) is 6.05. The second-order valence-electron chi connectivity index (χ2n) is 3.99. The lowest BCUT2D eigenvalue weighted by Crippen LogP contribution is -2.46. The summed E-state index contributed by atoms with van der Waals surface area (Å²) in [4.78, 5) is 33.9. The van der Waals surface area contributed by atoms with E-state index in [1.54, 1.807) is 0 Å². The summed E-state index contributed by atoms with van der Waals surface area (Å²) in [6, 6.07) is 0. The number of phosphoric ester groups is 2. The minimum absolute atomic E-state index is 0.874. The van der Waals surface area contributed by atoms with E-state index in [1.807, 2.05) is 0 Å². The van der Waals surface area contributed by atoms with Crippen LogP contribution in [-0.2, 0) is 22.9 Å².